The molecule has 4 nitrogen and oxygen atoms in total. The van der Waals surface area contributed by atoms with Gasteiger partial charge in [-0.15, -0.1) is 0 Å². The van der Waals surface area contributed by atoms with Crippen LogP contribution in [-0.2, 0) is 6.54 Å². The number of imidazole rings is 1. The van der Waals surface area contributed by atoms with Crippen LogP contribution >= 0.6 is 11.6 Å². The third-order valence-corrected chi connectivity index (χ3v) is 4.38. The molecule has 0 saturated heterocycles. The number of aliphatic hydroxyl groups excluding tert-OH is 1. The lowest BCUT2D eigenvalue weighted by Crippen LogP contribution is -2.23. The first-order chi connectivity index (χ1) is 11.0. The smallest absolute Gasteiger partial charge is 0.120 e. The maximum absolute atomic E-state index is 10.2. The highest BCUT2D eigenvalue weighted by molar-refractivity contribution is 6.32. The van der Waals surface area contributed by atoms with Crippen LogP contribution < -0.4 is 4.74 Å². The fourth-order valence-corrected chi connectivity index (χ4v) is 2.73. The predicted molar refractivity (Wildman–Crippen MR) is 92.2 cm³/mol. The van der Waals surface area contributed by atoms with E-state index in [0.717, 1.165) is 32.9 Å². The van der Waals surface area contributed by atoms with Gasteiger partial charge in [-0.05, 0) is 49.2 Å². The fraction of sp³-hybridized carbons (Fsp3) is 0.278. The van der Waals surface area contributed by atoms with Crippen LogP contribution in [0.15, 0.2) is 42.7 Å². The van der Waals surface area contributed by atoms with Crippen LogP contribution in [0.3, 0.4) is 0 Å². The summed E-state index contributed by atoms with van der Waals surface area (Å²) in [6, 6.07) is 11.6. The second-order valence-electron chi connectivity index (χ2n) is 5.72. The van der Waals surface area contributed by atoms with Gasteiger partial charge in [0.2, 0.25) is 0 Å². The van der Waals surface area contributed by atoms with E-state index in [9.17, 15) is 5.11 Å². The van der Waals surface area contributed by atoms with Gasteiger partial charge in [-0.25, -0.2) is 4.98 Å². The highest BCUT2D eigenvalue weighted by Gasteiger charge is 2.10. The summed E-state index contributed by atoms with van der Waals surface area (Å²) < 4.78 is 7.64. The van der Waals surface area contributed by atoms with E-state index < -0.39 is 6.10 Å². The molecule has 1 atom stereocenters. The molecule has 5 heteroatoms. The number of fused-ring (bicyclic) bond motifs is 1. The Kier molecular flexibility index (Phi) is 4.55. The number of rotatable bonds is 5. The van der Waals surface area contributed by atoms with E-state index in [1.165, 1.54) is 0 Å². The van der Waals surface area contributed by atoms with Crippen molar-refractivity contribution >= 4 is 22.6 Å². The van der Waals surface area contributed by atoms with E-state index >= 15 is 0 Å². The molecule has 1 aromatic heterocycles. The Hall–Kier alpha value is -2.04. The van der Waals surface area contributed by atoms with Crippen LogP contribution in [0.4, 0.5) is 0 Å². The number of halogens is 1. The van der Waals surface area contributed by atoms with Gasteiger partial charge in [0.1, 0.15) is 18.5 Å². The number of nitrogens with zero attached hydrogens (tertiary/aromatic N) is 2. The summed E-state index contributed by atoms with van der Waals surface area (Å²) in [7, 11) is 0. The Morgan fingerprint density at radius 3 is 2.65 bits per heavy atom. The molecule has 0 aliphatic heterocycles. The maximum atomic E-state index is 10.2. The molecule has 23 heavy (non-hydrogen) atoms. The molecular weight excluding hydrogens is 312 g/mol. The maximum Gasteiger partial charge on any atom is 0.120 e. The summed E-state index contributed by atoms with van der Waals surface area (Å²) in [6.45, 7) is 4.53. The van der Waals surface area contributed by atoms with Crippen molar-refractivity contribution in [2.24, 2.45) is 0 Å². The van der Waals surface area contributed by atoms with E-state index in [0.29, 0.717) is 6.54 Å². The predicted octanol–water partition coefficient (Wildman–Crippen LogP) is 3.75. The fourth-order valence-electron chi connectivity index (χ4n) is 2.62. The number of aliphatic hydroxyl groups is 1. The first kappa shape index (κ1) is 15.8. The van der Waals surface area contributed by atoms with Crippen LogP contribution in [-0.4, -0.2) is 27.4 Å². The summed E-state index contributed by atoms with van der Waals surface area (Å²) in [5.41, 5.74) is 3.86. The van der Waals surface area contributed by atoms with Crippen molar-refractivity contribution in [1.82, 2.24) is 9.55 Å². The van der Waals surface area contributed by atoms with Gasteiger partial charge in [0.15, 0.2) is 0 Å². The highest BCUT2D eigenvalue weighted by Crippen LogP contribution is 2.26. The molecule has 0 radical (unpaired) electrons. The minimum absolute atomic E-state index is 0.215. The molecule has 1 heterocycles. The Labute approximate surface area is 140 Å². The Morgan fingerprint density at radius 1 is 1.22 bits per heavy atom. The number of ether oxygens (including phenoxy) is 1. The van der Waals surface area contributed by atoms with Crippen molar-refractivity contribution in [2.75, 3.05) is 6.61 Å². The molecule has 1 N–H and O–H groups in total. The lowest BCUT2D eigenvalue weighted by atomic mass is 10.1. The molecule has 0 aliphatic rings. The Morgan fingerprint density at radius 2 is 1.91 bits per heavy atom. The summed E-state index contributed by atoms with van der Waals surface area (Å²) in [5, 5.41) is 11.0. The summed E-state index contributed by atoms with van der Waals surface area (Å²) in [4.78, 5) is 4.32. The molecule has 0 saturated carbocycles. The summed E-state index contributed by atoms with van der Waals surface area (Å²) in [5.74, 6) is 0.721. The number of aromatic nitrogens is 2. The normalized spacial score (nSPS) is 12.5. The van der Waals surface area contributed by atoms with Gasteiger partial charge >= 0.3 is 0 Å². The van der Waals surface area contributed by atoms with Gasteiger partial charge < -0.3 is 14.4 Å². The van der Waals surface area contributed by atoms with Gasteiger partial charge in [0.25, 0.3) is 0 Å². The van der Waals surface area contributed by atoms with Crippen molar-refractivity contribution in [2.45, 2.75) is 26.5 Å². The molecular formula is C18H19ClN2O2. The van der Waals surface area contributed by atoms with Gasteiger partial charge in [0, 0.05) is 5.02 Å². The van der Waals surface area contributed by atoms with Gasteiger partial charge in [-0.1, -0.05) is 23.7 Å². The van der Waals surface area contributed by atoms with Gasteiger partial charge in [-0.3, -0.25) is 0 Å². The number of hydrogen-bond donors (Lipinski definition) is 1. The number of hydrogen-bond acceptors (Lipinski definition) is 3. The Bertz CT molecular complexity index is 806. The van der Waals surface area contributed by atoms with Crippen molar-refractivity contribution in [3.05, 3.63) is 58.9 Å². The number of para-hydroxylation sites is 2. The third kappa shape index (κ3) is 3.49. The molecule has 0 spiro atoms. The summed E-state index contributed by atoms with van der Waals surface area (Å²) >= 11 is 6.15. The zero-order valence-electron chi connectivity index (χ0n) is 13.2. The molecule has 0 aliphatic carbocycles. The molecule has 120 valence electrons. The molecule has 2 aromatic carbocycles. The first-order valence-corrected chi connectivity index (χ1v) is 7.90. The molecule has 0 amide bonds. The van der Waals surface area contributed by atoms with Crippen molar-refractivity contribution in [1.29, 1.82) is 0 Å². The number of aryl methyl sites for hydroxylation is 2. The van der Waals surface area contributed by atoms with Gasteiger partial charge in [-0.2, -0.15) is 0 Å². The molecule has 3 aromatic rings. The third-order valence-electron chi connectivity index (χ3n) is 3.79. The van der Waals surface area contributed by atoms with E-state index in [-0.39, 0.29) is 6.61 Å². The number of benzene rings is 2. The zero-order chi connectivity index (χ0) is 16.4. The highest BCUT2D eigenvalue weighted by atomic mass is 35.5. The minimum atomic E-state index is -0.621. The minimum Gasteiger partial charge on any atom is -0.491 e. The monoisotopic (exact) mass is 330 g/mol. The topological polar surface area (TPSA) is 47.3 Å². The van der Waals surface area contributed by atoms with E-state index in [1.54, 1.807) is 6.33 Å². The van der Waals surface area contributed by atoms with Crippen LogP contribution in [0.25, 0.3) is 11.0 Å². The van der Waals surface area contributed by atoms with Crippen LogP contribution in [0.2, 0.25) is 5.02 Å². The second kappa shape index (κ2) is 6.60. The van der Waals surface area contributed by atoms with Crippen molar-refractivity contribution in [3.8, 4) is 5.75 Å². The zero-order valence-corrected chi connectivity index (χ0v) is 13.9. The molecule has 3 rings (SSSR count). The van der Waals surface area contributed by atoms with Gasteiger partial charge in [0.05, 0.1) is 23.9 Å². The van der Waals surface area contributed by atoms with Crippen molar-refractivity contribution in [3.63, 3.8) is 0 Å². The molecule has 0 fully saturated rings. The second-order valence-corrected chi connectivity index (χ2v) is 6.10. The van der Waals surface area contributed by atoms with Crippen LogP contribution in [0.5, 0.6) is 5.75 Å². The molecule has 0 bridgehead atoms. The van der Waals surface area contributed by atoms with E-state index in [1.807, 2.05) is 54.8 Å². The first-order valence-electron chi connectivity index (χ1n) is 7.52. The molecule has 0 unspecified atom stereocenters. The average molecular weight is 331 g/mol. The standard InChI is InChI=1S/C18H19ClN2O2/c1-12-7-15(8-13(2)18(12)19)23-10-14(22)9-21-11-20-16-5-3-4-6-17(16)21/h3-8,11,14,22H,9-10H2,1-2H3/t14-/m0/s1. The van der Waals surface area contributed by atoms with E-state index in [2.05, 4.69) is 4.98 Å². The lowest BCUT2D eigenvalue weighted by molar-refractivity contribution is 0.0934. The summed E-state index contributed by atoms with van der Waals surface area (Å²) in [6.07, 6.45) is 1.12. The van der Waals surface area contributed by atoms with Crippen LogP contribution in [0, 0.1) is 13.8 Å². The average Bonchev–Trinajstić information content (AvgIpc) is 2.94. The van der Waals surface area contributed by atoms with Crippen LogP contribution in [0.1, 0.15) is 11.1 Å². The lowest BCUT2D eigenvalue weighted by Gasteiger charge is -2.15. The SMILES string of the molecule is Cc1cc(OC[C@@H](O)Cn2cnc3ccccc32)cc(C)c1Cl. The largest absolute Gasteiger partial charge is 0.491 e. The van der Waals surface area contributed by atoms with Crippen molar-refractivity contribution < 1.29 is 9.84 Å². The quantitative estimate of drug-likeness (QED) is 0.775. The van der Waals surface area contributed by atoms with E-state index in [4.69, 9.17) is 16.3 Å². The Balaban J connectivity index is 1.65.